The zero-order valence-corrected chi connectivity index (χ0v) is 28.3. The summed E-state index contributed by atoms with van der Waals surface area (Å²) in [5, 5.41) is 11.2. The van der Waals surface area contributed by atoms with Crippen LogP contribution >= 0.6 is 23.2 Å². The summed E-state index contributed by atoms with van der Waals surface area (Å²) in [4.78, 5) is 15.0. The summed E-state index contributed by atoms with van der Waals surface area (Å²) < 4.78 is 66.4. The van der Waals surface area contributed by atoms with E-state index in [1.807, 2.05) is 18.2 Å². The van der Waals surface area contributed by atoms with Crippen LogP contribution in [0.5, 0.6) is 0 Å². The fourth-order valence-corrected chi connectivity index (χ4v) is 7.50. The Hall–Kier alpha value is -4.70. The number of hydrogen-bond acceptors (Lipinski definition) is 10. The molecule has 49 heavy (non-hydrogen) atoms. The normalized spacial score (nSPS) is 14.8. The summed E-state index contributed by atoms with van der Waals surface area (Å²) in [5.41, 5.74) is 1.48. The molecule has 2 N–H and O–H groups in total. The van der Waals surface area contributed by atoms with Crippen molar-refractivity contribution in [2.75, 3.05) is 35.1 Å². The van der Waals surface area contributed by atoms with Gasteiger partial charge in [-0.15, -0.1) is 5.10 Å². The molecule has 6 aromatic rings. The quantitative estimate of drug-likeness (QED) is 0.170. The lowest BCUT2D eigenvalue weighted by Crippen LogP contribution is -2.43. The number of fused-ring (bicyclic) bond motifs is 2. The Morgan fingerprint density at radius 1 is 0.959 bits per heavy atom. The Morgan fingerprint density at radius 3 is 2.51 bits per heavy atom. The maximum Gasteiger partial charge on any atom is 0.263 e. The first-order valence-electron chi connectivity index (χ1n) is 15.0. The Balaban J connectivity index is 1.22. The van der Waals surface area contributed by atoms with Crippen molar-refractivity contribution in [2.24, 2.45) is 0 Å². The summed E-state index contributed by atoms with van der Waals surface area (Å²) in [6.45, 7) is 3.70. The monoisotopic (exact) mass is 725 g/mol. The molecule has 0 saturated carbocycles. The number of halogens is 4. The fourth-order valence-electron chi connectivity index (χ4n) is 5.67. The van der Waals surface area contributed by atoms with E-state index in [1.54, 1.807) is 23.9 Å². The van der Waals surface area contributed by atoms with Gasteiger partial charge in [-0.3, -0.25) is 4.72 Å². The number of ether oxygens (including phenoxy) is 1. The molecule has 17 heteroatoms. The Morgan fingerprint density at radius 2 is 1.73 bits per heavy atom. The fraction of sp³-hybridized carbons (Fsp3) is 0.219. The van der Waals surface area contributed by atoms with E-state index in [0.29, 0.717) is 22.4 Å². The first-order chi connectivity index (χ1) is 23.5. The molecule has 7 rings (SSSR count). The van der Waals surface area contributed by atoms with Gasteiger partial charge in [0.15, 0.2) is 17.5 Å². The van der Waals surface area contributed by atoms with E-state index in [1.165, 1.54) is 24.5 Å². The molecule has 1 fully saturated rings. The molecule has 0 aliphatic carbocycles. The summed E-state index contributed by atoms with van der Waals surface area (Å²) >= 11 is 12.1. The van der Waals surface area contributed by atoms with E-state index >= 15 is 8.78 Å². The Kier molecular flexibility index (Phi) is 8.47. The van der Waals surface area contributed by atoms with E-state index < -0.39 is 33.0 Å². The molecule has 3 aromatic carbocycles. The van der Waals surface area contributed by atoms with E-state index in [4.69, 9.17) is 32.9 Å². The molecule has 4 heterocycles. The van der Waals surface area contributed by atoms with E-state index in [9.17, 15) is 8.42 Å². The Labute approximate surface area is 289 Å². The zero-order valence-electron chi connectivity index (χ0n) is 26.0. The van der Waals surface area contributed by atoms with Gasteiger partial charge in [0.05, 0.1) is 38.1 Å². The van der Waals surface area contributed by atoms with Gasteiger partial charge in [-0.2, -0.15) is 4.68 Å². The third-order valence-corrected chi connectivity index (χ3v) is 10.9. The number of nitrogens with one attached hydrogen (secondary N) is 2. The van der Waals surface area contributed by atoms with Crippen LogP contribution in [0.3, 0.4) is 0 Å². The summed E-state index contributed by atoms with van der Waals surface area (Å²) in [6.07, 6.45) is 2.93. The minimum atomic E-state index is -4.41. The molecular formula is C32H27Cl2F2N9O3S. The minimum Gasteiger partial charge on any atom is -0.378 e. The van der Waals surface area contributed by atoms with Crippen LogP contribution in [0, 0.1) is 11.6 Å². The van der Waals surface area contributed by atoms with Crippen molar-refractivity contribution in [3.8, 4) is 5.82 Å². The van der Waals surface area contributed by atoms with Crippen LogP contribution < -0.4 is 14.9 Å². The van der Waals surface area contributed by atoms with Gasteiger partial charge < -0.3 is 15.0 Å². The van der Waals surface area contributed by atoms with Crippen LogP contribution in [-0.4, -0.2) is 64.2 Å². The van der Waals surface area contributed by atoms with Crippen molar-refractivity contribution in [3.63, 3.8) is 0 Å². The smallest absolute Gasteiger partial charge is 0.263 e. The van der Waals surface area contributed by atoms with Gasteiger partial charge in [-0.25, -0.2) is 32.2 Å². The van der Waals surface area contributed by atoms with Gasteiger partial charge in [-0.1, -0.05) is 40.5 Å². The molecule has 1 aliphatic rings. The van der Waals surface area contributed by atoms with Crippen molar-refractivity contribution in [1.82, 2.24) is 29.9 Å². The lowest BCUT2D eigenvalue weighted by Gasteiger charge is -2.39. The molecular weight excluding hydrogens is 699 g/mol. The van der Waals surface area contributed by atoms with Crippen LogP contribution in [0.25, 0.3) is 27.9 Å². The molecule has 0 atom stereocenters. The number of rotatable bonds is 8. The lowest BCUT2D eigenvalue weighted by atomic mass is 9.93. The average molecular weight is 727 g/mol. The highest BCUT2D eigenvalue weighted by Gasteiger charge is 2.31. The SMILES string of the molecule is COC1(C)CCN(c2cccc3c2nnn3-c2ccc3ncnc(Nc4c(F)ccc(NS(=O)(=O)c5cccc(Cl)c5Cl)c4F)c3n2)CC1. The number of sulfonamides is 1. The van der Waals surface area contributed by atoms with Gasteiger partial charge in [0.1, 0.15) is 33.8 Å². The van der Waals surface area contributed by atoms with Crippen molar-refractivity contribution < 1.29 is 21.9 Å². The Bertz CT molecular complexity index is 2350. The van der Waals surface area contributed by atoms with Crippen molar-refractivity contribution >= 4 is 78.2 Å². The maximum absolute atomic E-state index is 15.8. The van der Waals surface area contributed by atoms with Crippen molar-refractivity contribution in [2.45, 2.75) is 30.3 Å². The number of anilines is 4. The predicted octanol–water partition coefficient (Wildman–Crippen LogP) is 6.89. The average Bonchev–Trinajstić information content (AvgIpc) is 3.54. The van der Waals surface area contributed by atoms with Crippen LogP contribution in [0.15, 0.2) is 71.9 Å². The second-order valence-electron chi connectivity index (χ2n) is 11.6. The van der Waals surface area contributed by atoms with Gasteiger partial charge in [0, 0.05) is 20.2 Å². The van der Waals surface area contributed by atoms with Crippen LogP contribution in [0.2, 0.25) is 10.0 Å². The molecule has 1 aliphatic heterocycles. The first kappa shape index (κ1) is 32.8. The van der Waals surface area contributed by atoms with Crippen LogP contribution in [-0.2, 0) is 14.8 Å². The summed E-state index contributed by atoms with van der Waals surface area (Å²) in [5.74, 6) is -1.93. The topological polar surface area (TPSA) is 140 Å². The number of piperidine rings is 1. The van der Waals surface area contributed by atoms with Crippen LogP contribution in [0.4, 0.5) is 31.7 Å². The molecule has 12 nitrogen and oxygen atoms in total. The van der Waals surface area contributed by atoms with Gasteiger partial charge >= 0.3 is 0 Å². The highest BCUT2D eigenvalue weighted by Crippen LogP contribution is 2.35. The number of pyridine rings is 1. The molecule has 0 spiro atoms. The summed E-state index contributed by atoms with van der Waals surface area (Å²) in [7, 11) is -2.68. The first-order valence-corrected chi connectivity index (χ1v) is 17.2. The molecule has 3 aromatic heterocycles. The van der Waals surface area contributed by atoms with E-state index in [2.05, 4.69) is 42.1 Å². The maximum atomic E-state index is 15.8. The molecule has 0 radical (unpaired) electrons. The second kappa shape index (κ2) is 12.6. The second-order valence-corrected chi connectivity index (χ2v) is 14.0. The minimum absolute atomic E-state index is 0.00888. The van der Waals surface area contributed by atoms with Crippen molar-refractivity contribution in [3.05, 3.63) is 88.7 Å². The summed E-state index contributed by atoms with van der Waals surface area (Å²) in [6, 6.07) is 15.0. The molecule has 0 amide bonds. The molecule has 0 unspecified atom stereocenters. The largest absolute Gasteiger partial charge is 0.378 e. The molecule has 1 saturated heterocycles. The number of methoxy groups -OCH3 is 1. The highest BCUT2D eigenvalue weighted by molar-refractivity contribution is 7.92. The van der Waals surface area contributed by atoms with Gasteiger partial charge in [0.2, 0.25) is 0 Å². The van der Waals surface area contributed by atoms with Crippen LogP contribution in [0.1, 0.15) is 19.8 Å². The highest BCUT2D eigenvalue weighted by atomic mass is 35.5. The van der Waals surface area contributed by atoms with Gasteiger partial charge in [-0.05, 0) is 68.3 Å². The number of nitrogens with zero attached hydrogens (tertiary/aromatic N) is 7. The zero-order chi connectivity index (χ0) is 34.5. The molecule has 0 bridgehead atoms. The van der Waals surface area contributed by atoms with E-state index in [-0.39, 0.29) is 31.9 Å². The third-order valence-electron chi connectivity index (χ3n) is 8.58. The predicted molar refractivity (Wildman–Crippen MR) is 184 cm³/mol. The number of benzene rings is 3. The van der Waals surface area contributed by atoms with Gasteiger partial charge in [0.25, 0.3) is 10.0 Å². The van der Waals surface area contributed by atoms with E-state index in [0.717, 1.165) is 43.8 Å². The standard InChI is InChI=1S/C32H27Cl2F2N9O3S/c1-32(48-2)13-15-44(16-14-32)22-6-4-7-23-30(22)41-43-45(23)25-12-11-21-29(39-25)31(38-17-37-21)40-28-19(35)9-10-20(27(28)36)42-49(46,47)24-8-3-5-18(33)26(24)34/h3-12,17,42H,13-16H2,1-2H3,(H,37,38,40). The van der Waals surface area contributed by atoms with Crippen molar-refractivity contribution in [1.29, 1.82) is 0 Å². The lowest BCUT2D eigenvalue weighted by molar-refractivity contribution is -0.0132. The third kappa shape index (κ3) is 6.07. The number of aromatic nitrogens is 6. The molecule has 252 valence electrons. The number of hydrogen-bond donors (Lipinski definition) is 2.